The number of hydrogen-bond acceptors (Lipinski definition) is 2. The number of halogens is 2. The van der Waals surface area contributed by atoms with Gasteiger partial charge in [-0.15, -0.1) is 0 Å². The van der Waals surface area contributed by atoms with E-state index in [1.807, 2.05) is 12.1 Å². The van der Waals surface area contributed by atoms with Crippen LogP contribution in [0.1, 0.15) is 33.6 Å². The first-order chi connectivity index (χ1) is 9.52. The maximum atomic E-state index is 6.26. The lowest BCUT2D eigenvalue weighted by molar-refractivity contribution is 0.343. The fraction of sp³-hybridized carbons (Fsp3) is 0.625. The minimum atomic E-state index is 0.535. The first-order valence-corrected chi connectivity index (χ1v) is 8.64. The summed E-state index contributed by atoms with van der Waals surface area (Å²) in [4.78, 5) is 2.51. The Morgan fingerprint density at radius 3 is 2.85 bits per heavy atom. The van der Waals surface area contributed by atoms with Gasteiger partial charge < -0.3 is 10.2 Å². The van der Waals surface area contributed by atoms with Gasteiger partial charge in [-0.1, -0.05) is 38.4 Å². The zero-order valence-corrected chi connectivity index (χ0v) is 14.8. The highest BCUT2D eigenvalue weighted by molar-refractivity contribution is 9.10. The highest BCUT2D eigenvalue weighted by Crippen LogP contribution is 2.35. The average molecular weight is 360 g/mol. The van der Waals surface area contributed by atoms with Gasteiger partial charge in [0.1, 0.15) is 0 Å². The van der Waals surface area contributed by atoms with E-state index in [1.54, 1.807) is 0 Å². The maximum Gasteiger partial charge on any atom is 0.0595 e. The third-order valence-corrected chi connectivity index (χ3v) is 5.34. The normalized spacial score (nSPS) is 23.4. The van der Waals surface area contributed by atoms with Crippen LogP contribution in [0.25, 0.3) is 0 Å². The molecule has 20 heavy (non-hydrogen) atoms. The second-order valence-electron chi connectivity index (χ2n) is 6.02. The van der Waals surface area contributed by atoms with Crippen molar-refractivity contribution in [2.24, 2.45) is 5.92 Å². The summed E-state index contributed by atoms with van der Waals surface area (Å²) < 4.78 is 1.02. The Hall–Kier alpha value is -0.250. The number of piperazine rings is 1. The molecule has 1 fully saturated rings. The van der Waals surface area contributed by atoms with Gasteiger partial charge in [0.25, 0.3) is 0 Å². The molecule has 2 atom stereocenters. The molecule has 1 heterocycles. The SMILES string of the molecule is CCC1CNC(CC(C)C)CN1c1cccc(Cl)c1Br. The van der Waals surface area contributed by atoms with E-state index in [0.717, 1.165) is 34.9 Å². The predicted molar refractivity (Wildman–Crippen MR) is 91.8 cm³/mol. The zero-order valence-electron chi connectivity index (χ0n) is 12.5. The zero-order chi connectivity index (χ0) is 14.7. The maximum absolute atomic E-state index is 6.26. The van der Waals surface area contributed by atoms with E-state index in [-0.39, 0.29) is 0 Å². The van der Waals surface area contributed by atoms with E-state index in [9.17, 15) is 0 Å². The van der Waals surface area contributed by atoms with Gasteiger partial charge in [-0.25, -0.2) is 0 Å². The first-order valence-electron chi connectivity index (χ1n) is 7.47. The molecule has 0 saturated carbocycles. The summed E-state index contributed by atoms with van der Waals surface area (Å²) in [6.45, 7) is 8.92. The van der Waals surface area contributed by atoms with Crippen molar-refractivity contribution in [3.63, 3.8) is 0 Å². The van der Waals surface area contributed by atoms with Crippen LogP contribution < -0.4 is 10.2 Å². The Morgan fingerprint density at radius 1 is 1.45 bits per heavy atom. The third kappa shape index (κ3) is 3.69. The molecule has 0 radical (unpaired) electrons. The average Bonchev–Trinajstić information content (AvgIpc) is 2.41. The Bertz CT molecular complexity index is 450. The summed E-state index contributed by atoms with van der Waals surface area (Å²) in [5, 5.41) is 4.48. The van der Waals surface area contributed by atoms with Crippen molar-refractivity contribution in [3.05, 3.63) is 27.7 Å². The minimum Gasteiger partial charge on any atom is -0.365 e. The molecule has 1 aliphatic heterocycles. The Labute approximate surface area is 136 Å². The lowest BCUT2D eigenvalue weighted by atomic mass is 9.98. The van der Waals surface area contributed by atoms with Crippen LogP contribution in [0.4, 0.5) is 5.69 Å². The van der Waals surface area contributed by atoms with E-state index in [2.05, 4.69) is 53.0 Å². The number of anilines is 1. The first kappa shape index (κ1) is 16.1. The van der Waals surface area contributed by atoms with Crippen LogP contribution >= 0.6 is 27.5 Å². The molecule has 2 rings (SSSR count). The Morgan fingerprint density at radius 2 is 2.20 bits per heavy atom. The molecule has 0 aromatic heterocycles. The van der Waals surface area contributed by atoms with Crippen LogP contribution in [-0.4, -0.2) is 25.2 Å². The lowest BCUT2D eigenvalue weighted by Gasteiger charge is -2.42. The molecule has 1 aromatic rings. The highest BCUT2D eigenvalue weighted by Gasteiger charge is 2.28. The number of hydrogen-bond donors (Lipinski definition) is 1. The van der Waals surface area contributed by atoms with Gasteiger partial charge in [0.15, 0.2) is 0 Å². The lowest BCUT2D eigenvalue weighted by Crippen LogP contribution is -2.56. The van der Waals surface area contributed by atoms with Gasteiger partial charge in [-0.05, 0) is 46.8 Å². The molecule has 4 heteroatoms. The molecule has 0 bridgehead atoms. The molecule has 0 amide bonds. The molecule has 2 nitrogen and oxygen atoms in total. The van der Waals surface area contributed by atoms with Crippen LogP contribution in [0.5, 0.6) is 0 Å². The largest absolute Gasteiger partial charge is 0.365 e. The monoisotopic (exact) mass is 358 g/mol. The molecular weight excluding hydrogens is 336 g/mol. The molecule has 1 aliphatic rings. The van der Waals surface area contributed by atoms with Crippen LogP contribution in [-0.2, 0) is 0 Å². The molecule has 1 N–H and O–H groups in total. The molecule has 0 aliphatic carbocycles. The van der Waals surface area contributed by atoms with Crippen molar-refractivity contribution >= 4 is 33.2 Å². The molecule has 2 unspecified atom stereocenters. The fourth-order valence-corrected chi connectivity index (χ4v) is 3.63. The van der Waals surface area contributed by atoms with Gasteiger partial charge in [0, 0.05) is 25.2 Å². The van der Waals surface area contributed by atoms with Gasteiger partial charge in [-0.3, -0.25) is 0 Å². The van der Waals surface area contributed by atoms with Gasteiger partial charge >= 0.3 is 0 Å². The van der Waals surface area contributed by atoms with Crippen molar-refractivity contribution in [3.8, 4) is 0 Å². The number of rotatable bonds is 4. The van der Waals surface area contributed by atoms with E-state index in [4.69, 9.17) is 11.6 Å². The van der Waals surface area contributed by atoms with E-state index >= 15 is 0 Å². The van der Waals surface area contributed by atoms with Crippen molar-refractivity contribution in [2.45, 2.75) is 45.7 Å². The molecule has 1 saturated heterocycles. The van der Waals surface area contributed by atoms with E-state index in [1.165, 1.54) is 12.1 Å². The van der Waals surface area contributed by atoms with E-state index < -0.39 is 0 Å². The summed E-state index contributed by atoms with van der Waals surface area (Å²) in [5.41, 5.74) is 1.22. The summed E-state index contributed by atoms with van der Waals surface area (Å²) in [7, 11) is 0. The standard InChI is InChI=1S/C16H24BrClN2/c1-4-13-9-19-12(8-11(2)3)10-20(13)15-7-5-6-14(18)16(15)17/h5-7,11-13,19H,4,8-10H2,1-3H3. The van der Waals surface area contributed by atoms with Crippen molar-refractivity contribution < 1.29 is 0 Å². The summed E-state index contributed by atoms with van der Waals surface area (Å²) >= 11 is 9.90. The summed E-state index contributed by atoms with van der Waals surface area (Å²) in [6, 6.07) is 7.23. The topological polar surface area (TPSA) is 15.3 Å². The van der Waals surface area contributed by atoms with Crippen molar-refractivity contribution in [1.82, 2.24) is 5.32 Å². The van der Waals surface area contributed by atoms with Crippen molar-refractivity contribution in [2.75, 3.05) is 18.0 Å². The Kier molecular flexibility index (Phi) is 5.76. The van der Waals surface area contributed by atoms with Crippen LogP contribution in [0.15, 0.2) is 22.7 Å². The number of nitrogens with one attached hydrogen (secondary N) is 1. The van der Waals surface area contributed by atoms with Gasteiger partial charge in [0.2, 0.25) is 0 Å². The number of nitrogens with zero attached hydrogens (tertiary/aromatic N) is 1. The predicted octanol–water partition coefficient (Wildman–Crippen LogP) is 4.71. The van der Waals surface area contributed by atoms with Crippen LogP contribution in [0.2, 0.25) is 5.02 Å². The Balaban J connectivity index is 2.22. The van der Waals surface area contributed by atoms with Gasteiger partial charge in [0.05, 0.1) is 15.2 Å². The fourth-order valence-electron chi connectivity index (χ4n) is 2.96. The molecule has 112 valence electrons. The summed E-state index contributed by atoms with van der Waals surface area (Å²) in [5.74, 6) is 0.718. The van der Waals surface area contributed by atoms with Crippen LogP contribution in [0.3, 0.4) is 0 Å². The molecular formula is C16H24BrClN2. The molecule has 1 aromatic carbocycles. The van der Waals surface area contributed by atoms with Crippen LogP contribution in [0, 0.1) is 5.92 Å². The summed E-state index contributed by atoms with van der Waals surface area (Å²) in [6.07, 6.45) is 2.35. The second-order valence-corrected chi connectivity index (χ2v) is 7.22. The molecule has 0 spiro atoms. The third-order valence-electron chi connectivity index (χ3n) is 3.97. The van der Waals surface area contributed by atoms with Crippen molar-refractivity contribution in [1.29, 1.82) is 0 Å². The number of benzene rings is 1. The van der Waals surface area contributed by atoms with Gasteiger partial charge in [-0.2, -0.15) is 0 Å². The second kappa shape index (κ2) is 7.15. The smallest absolute Gasteiger partial charge is 0.0595 e. The van der Waals surface area contributed by atoms with E-state index in [0.29, 0.717) is 12.1 Å². The minimum absolute atomic E-state index is 0.535. The quantitative estimate of drug-likeness (QED) is 0.838. The highest BCUT2D eigenvalue weighted by atomic mass is 79.9.